The zero-order valence-corrected chi connectivity index (χ0v) is 37.2. The van der Waals surface area contributed by atoms with E-state index in [1.807, 2.05) is 122 Å². The Hall–Kier alpha value is -7.84. The number of benzene rings is 6. The number of methoxy groups -OCH3 is 1. The van der Waals surface area contributed by atoms with E-state index in [2.05, 4.69) is 51.4 Å². The van der Waals surface area contributed by atoms with Gasteiger partial charge >= 0.3 is 0 Å². The fourth-order valence-corrected chi connectivity index (χ4v) is 8.02. The number of fused-ring (bicyclic) bond motifs is 2. The van der Waals surface area contributed by atoms with Gasteiger partial charge in [-0.2, -0.15) is 10.2 Å². The topological polar surface area (TPSA) is 195 Å². The van der Waals surface area contributed by atoms with Gasteiger partial charge in [-0.05, 0) is 72.4 Å². The van der Waals surface area contributed by atoms with E-state index >= 15 is 0 Å². The number of nitrogens with two attached hydrogens (primary N) is 2. The summed E-state index contributed by atoms with van der Waals surface area (Å²) in [7, 11) is 1.67. The van der Waals surface area contributed by atoms with Crippen molar-refractivity contribution in [2.75, 3.05) is 13.7 Å². The molecule has 10 rings (SSSR count). The third-order valence-electron chi connectivity index (χ3n) is 11.6. The van der Waals surface area contributed by atoms with Crippen molar-refractivity contribution in [3.8, 4) is 68.2 Å². The Morgan fingerprint density at radius 3 is 1.50 bits per heavy atom. The molecule has 0 aliphatic heterocycles. The van der Waals surface area contributed by atoms with E-state index in [1.54, 1.807) is 11.8 Å². The molecular weight excluding hydrogens is 825 g/mol. The molecule has 0 bridgehead atoms. The fraction of sp³-hybridized carbons (Fsp3) is 0.170. The molecule has 0 spiro atoms. The van der Waals surface area contributed by atoms with E-state index in [0.29, 0.717) is 67.2 Å². The number of H-pyrrole nitrogens is 2. The normalized spacial score (nSPS) is 11.3. The average molecular weight is 877 g/mol. The van der Waals surface area contributed by atoms with Crippen molar-refractivity contribution in [3.63, 3.8) is 0 Å². The van der Waals surface area contributed by atoms with Crippen molar-refractivity contribution < 1.29 is 14.9 Å². The largest absolute Gasteiger partial charge is 0.504 e. The van der Waals surface area contributed by atoms with Crippen LogP contribution in [0.5, 0.6) is 11.5 Å². The average Bonchev–Trinajstić information content (AvgIpc) is 4.12. The highest BCUT2D eigenvalue weighted by Crippen LogP contribution is 2.40. The first kappa shape index (κ1) is 43.4. The first-order valence-electron chi connectivity index (χ1n) is 21.9. The number of aromatic amines is 2. The molecule has 0 unspecified atom stereocenters. The highest BCUT2D eigenvalue weighted by Gasteiger charge is 2.25. The Kier molecular flexibility index (Phi) is 12.6. The zero-order valence-electron chi connectivity index (χ0n) is 37.2. The smallest absolute Gasteiger partial charge is 0.173 e. The number of rotatable bonds is 13. The number of ether oxygens (including phenoxy) is 1. The molecule has 0 amide bonds. The van der Waals surface area contributed by atoms with Gasteiger partial charge in [-0.3, -0.25) is 9.36 Å². The summed E-state index contributed by atoms with van der Waals surface area (Å²) >= 11 is 0. The summed E-state index contributed by atoms with van der Waals surface area (Å²) < 4.78 is 8.80. The van der Waals surface area contributed by atoms with Gasteiger partial charge in [0.1, 0.15) is 22.8 Å². The molecule has 66 heavy (non-hydrogen) atoms. The highest BCUT2D eigenvalue weighted by molar-refractivity contribution is 5.84. The van der Waals surface area contributed by atoms with E-state index in [1.165, 1.54) is 5.56 Å². The number of nitrogens with zero attached hydrogens (tertiary/aromatic N) is 6. The van der Waals surface area contributed by atoms with Gasteiger partial charge in [-0.15, -0.1) is 0 Å². The Morgan fingerprint density at radius 1 is 0.545 bits per heavy atom. The van der Waals surface area contributed by atoms with E-state index in [4.69, 9.17) is 31.4 Å². The molecule has 4 aromatic heterocycles. The van der Waals surface area contributed by atoms with Crippen LogP contribution in [0.4, 0.5) is 0 Å². The van der Waals surface area contributed by atoms with Crippen LogP contribution in [0.2, 0.25) is 0 Å². The molecule has 13 nitrogen and oxygen atoms in total. The Balaban J connectivity index is 0.000000171. The maximum atomic E-state index is 11.4. The SMILES string of the molecule is COCCCn1nc(-c2ccc(C)cc2)c(O)c1-c1nc2ccc(CN)cc2[nH]1.Cc1ccc(-c2nn(Cc3ccc(-c4ccccc4)cc3)c(-c3nc4ccc(CN)cc4[nH]3)c2O)cc1. The number of imidazole rings is 2. The van der Waals surface area contributed by atoms with E-state index < -0.39 is 0 Å². The first-order valence-corrected chi connectivity index (χ1v) is 21.9. The molecule has 8 N–H and O–H groups in total. The van der Waals surface area contributed by atoms with Crippen molar-refractivity contribution in [1.29, 1.82) is 0 Å². The lowest BCUT2D eigenvalue weighted by Gasteiger charge is -2.08. The number of hydrogen-bond acceptors (Lipinski definition) is 9. The second-order valence-electron chi connectivity index (χ2n) is 16.4. The van der Waals surface area contributed by atoms with Crippen LogP contribution in [0.1, 0.15) is 34.2 Å². The van der Waals surface area contributed by atoms with Gasteiger partial charge in [0, 0.05) is 44.5 Å². The van der Waals surface area contributed by atoms with Crippen LogP contribution < -0.4 is 11.5 Å². The van der Waals surface area contributed by atoms with Crippen LogP contribution in [0.3, 0.4) is 0 Å². The maximum Gasteiger partial charge on any atom is 0.173 e. The van der Waals surface area contributed by atoms with Crippen LogP contribution >= 0.6 is 0 Å². The molecule has 13 heteroatoms. The fourth-order valence-electron chi connectivity index (χ4n) is 8.02. The second-order valence-corrected chi connectivity index (χ2v) is 16.4. The van der Waals surface area contributed by atoms with Gasteiger partial charge in [-0.25, -0.2) is 9.97 Å². The minimum absolute atomic E-state index is 0.0999. The Bertz CT molecular complexity index is 3240. The molecular formula is C53H52N10O3. The van der Waals surface area contributed by atoms with Crippen LogP contribution in [0.25, 0.3) is 78.7 Å². The molecule has 0 aliphatic carbocycles. The van der Waals surface area contributed by atoms with Crippen LogP contribution in [-0.2, 0) is 30.9 Å². The molecule has 0 fully saturated rings. The van der Waals surface area contributed by atoms with Gasteiger partial charge in [-0.1, -0.05) is 126 Å². The van der Waals surface area contributed by atoms with Crippen molar-refractivity contribution >= 4 is 22.1 Å². The molecule has 332 valence electrons. The molecule has 10 aromatic rings. The highest BCUT2D eigenvalue weighted by atomic mass is 16.5. The third-order valence-corrected chi connectivity index (χ3v) is 11.6. The quantitative estimate of drug-likeness (QED) is 0.0611. The van der Waals surface area contributed by atoms with Gasteiger partial charge < -0.3 is 36.4 Å². The third kappa shape index (κ3) is 9.08. The molecule has 0 atom stereocenters. The van der Waals surface area contributed by atoms with E-state index in [9.17, 15) is 10.2 Å². The van der Waals surface area contributed by atoms with Crippen LogP contribution in [-0.4, -0.2) is 63.4 Å². The minimum Gasteiger partial charge on any atom is -0.504 e. The molecule has 0 saturated carbocycles. The number of aryl methyl sites for hydroxylation is 3. The Morgan fingerprint density at radius 2 is 1.00 bits per heavy atom. The molecule has 0 radical (unpaired) electrons. The minimum atomic E-state index is 0.0999. The molecule has 0 aliphatic rings. The lowest BCUT2D eigenvalue weighted by Crippen LogP contribution is -2.05. The summed E-state index contributed by atoms with van der Waals surface area (Å²) in [4.78, 5) is 16.1. The lowest BCUT2D eigenvalue weighted by molar-refractivity contribution is 0.189. The maximum absolute atomic E-state index is 11.4. The van der Waals surface area contributed by atoms with Gasteiger partial charge in [0.25, 0.3) is 0 Å². The predicted octanol–water partition coefficient (Wildman–Crippen LogP) is 9.88. The van der Waals surface area contributed by atoms with Crippen molar-refractivity contribution in [2.24, 2.45) is 11.5 Å². The molecule has 6 aromatic carbocycles. The van der Waals surface area contributed by atoms with Crippen molar-refractivity contribution in [1.82, 2.24) is 39.5 Å². The zero-order chi connectivity index (χ0) is 45.7. The summed E-state index contributed by atoms with van der Waals surface area (Å²) in [5, 5.41) is 32.0. The molecule has 0 saturated heterocycles. The van der Waals surface area contributed by atoms with Crippen LogP contribution in [0, 0.1) is 13.8 Å². The summed E-state index contributed by atoms with van der Waals surface area (Å²) in [6.45, 7) is 6.67. The number of nitrogens with one attached hydrogen (secondary N) is 2. The predicted molar refractivity (Wildman–Crippen MR) is 262 cm³/mol. The summed E-state index contributed by atoms with van der Waals surface area (Å²) in [6, 6.07) is 46.4. The standard InChI is InChI=1S/C31H27N5O.C22H25N5O2/c1-20-7-12-25(13-8-20)28-30(37)29(31-33-26-16-11-22(18-32)17-27(26)34-31)36(35-28)19-21-9-14-24(15-10-21)23-5-3-2-4-6-23;1-14-4-7-16(8-5-14)19-21(28)20(27(26-19)10-3-11-29-2)22-24-17-9-6-15(13-23)12-18(17)25-22/h2-17,37H,18-19,32H2,1H3,(H,33,34);4-9,12,28H,3,10-11,13,23H2,1-2H3,(H,24,25). The van der Waals surface area contributed by atoms with Gasteiger partial charge in [0.15, 0.2) is 23.1 Å². The van der Waals surface area contributed by atoms with Gasteiger partial charge in [0.2, 0.25) is 0 Å². The van der Waals surface area contributed by atoms with E-state index in [0.717, 1.165) is 73.0 Å². The summed E-state index contributed by atoms with van der Waals surface area (Å²) in [5.74, 6) is 1.36. The van der Waals surface area contributed by atoms with E-state index in [-0.39, 0.29) is 11.5 Å². The number of aromatic hydroxyl groups is 2. The lowest BCUT2D eigenvalue weighted by atomic mass is 10.0. The van der Waals surface area contributed by atoms with Crippen molar-refractivity contribution in [3.05, 3.63) is 167 Å². The van der Waals surface area contributed by atoms with Gasteiger partial charge in [0.05, 0.1) is 28.6 Å². The number of aromatic nitrogens is 8. The summed E-state index contributed by atoms with van der Waals surface area (Å²) in [6.07, 6.45) is 0.773. The Labute approximate surface area is 382 Å². The van der Waals surface area contributed by atoms with Crippen molar-refractivity contribution in [2.45, 2.75) is 46.4 Å². The van der Waals surface area contributed by atoms with Crippen LogP contribution in [0.15, 0.2) is 140 Å². The number of hydrogen-bond donors (Lipinski definition) is 6. The monoisotopic (exact) mass is 876 g/mol. The molecule has 4 heterocycles. The second kappa shape index (κ2) is 19.1. The first-order chi connectivity index (χ1) is 32.2. The summed E-state index contributed by atoms with van der Waals surface area (Å²) in [5.41, 5.74) is 26.6.